The van der Waals surface area contributed by atoms with E-state index in [-0.39, 0.29) is 5.41 Å². The number of Topliss-reactive ketones (excluding diaryl/α,β-unsaturated/α-hetero) is 1. The van der Waals surface area contributed by atoms with Gasteiger partial charge >= 0.3 is 0 Å². The minimum absolute atomic E-state index is 0.107. The molecule has 3 unspecified atom stereocenters. The monoisotopic (exact) mass is 287 g/mol. The predicted molar refractivity (Wildman–Crippen MR) is 86.8 cm³/mol. The first-order valence-electron chi connectivity index (χ1n) is 8.54. The fourth-order valence-electron chi connectivity index (χ4n) is 4.55. The minimum atomic E-state index is 0.107. The summed E-state index contributed by atoms with van der Waals surface area (Å²) in [4.78, 5) is 12.5. The number of fused-ring (bicyclic) bond motifs is 1. The molecule has 2 heteroatoms. The molecule has 1 aromatic rings. The van der Waals surface area contributed by atoms with E-state index in [0.29, 0.717) is 24.2 Å². The van der Waals surface area contributed by atoms with Gasteiger partial charge in [0.25, 0.3) is 0 Å². The number of aryl methyl sites for hydroxylation is 1. The van der Waals surface area contributed by atoms with Crippen molar-refractivity contribution >= 4 is 5.78 Å². The van der Waals surface area contributed by atoms with Crippen LogP contribution in [0.3, 0.4) is 0 Å². The van der Waals surface area contributed by atoms with E-state index in [2.05, 4.69) is 45.3 Å². The Hall–Kier alpha value is -1.05. The quantitative estimate of drug-likeness (QED) is 0.716. The van der Waals surface area contributed by atoms with Crippen LogP contribution >= 0.6 is 0 Å². The maximum Gasteiger partial charge on any atom is 0.165 e. The Kier molecular flexibility index (Phi) is 3.54. The molecule has 2 aliphatic carbocycles. The molecule has 116 valence electrons. The van der Waals surface area contributed by atoms with Crippen molar-refractivity contribution in [1.29, 1.82) is 0 Å². The van der Waals surface area contributed by atoms with Crippen molar-refractivity contribution in [1.82, 2.24) is 4.57 Å². The van der Waals surface area contributed by atoms with Gasteiger partial charge in [0.2, 0.25) is 0 Å². The van der Waals surface area contributed by atoms with Gasteiger partial charge in [0.05, 0.1) is 0 Å². The number of carbonyl (C=O) groups excluding carboxylic acids is 1. The van der Waals surface area contributed by atoms with Crippen molar-refractivity contribution in [3.63, 3.8) is 0 Å². The number of nitrogens with zero attached hydrogens (tertiary/aromatic N) is 1. The molecule has 0 radical (unpaired) electrons. The molecule has 1 heterocycles. The molecular weight excluding hydrogens is 258 g/mol. The van der Waals surface area contributed by atoms with Crippen molar-refractivity contribution in [3.05, 3.63) is 23.0 Å². The highest BCUT2D eigenvalue weighted by Crippen LogP contribution is 2.43. The summed E-state index contributed by atoms with van der Waals surface area (Å²) in [6.45, 7) is 11.4. The second kappa shape index (κ2) is 5.00. The molecule has 1 aromatic heterocycles. The van der Waals surface area contributed by atoms with Crippen molar-refractivity contribution < 1.29 is 4.79 Å². The SMILES string of the molecule is Cc1cc2c(n1C1CCCC(C)C1C)CC(C)(C)CC2=O. The Morgan fingerprint density at radius 1 is 1.19 bits per heavy atom. The van der Waals surface area contributed by atoms with E-state index in [0.717, 1.165) is 17.9 Å². The molecule has 0 spiro atoms. The third kappa shape index (κ3) is 2.47. The van der Waals surface area contributed by atoms with Gasteiger partial charge in [-0.05, 0) is 43.1 Å². The van der Waals surface area contributed by atoms with Crippen LogP contribution < -0.4 is 0 Å². The summed E-state index contributed by atoms with van der Waals surface area (Å²) in [7, 11) is 0. The molecule has 1 fully saturated rings. The summed E-state index contributed by atoms with van der Waals surface area (Å²) >= 11 is 0. The number of rotatable bonds is 1. The molecule has 2 nitrogen and oxygen atoms in total. The zero-order chi connectivity index (χ0) is 15.4. The van der Waals surface area contributed by atoms with Gasteiger partial charge in [0.1, 0.15) is 0 Å². The molecule has 1 saturated carbocycles. The Bertz CT molecular complexity index is 566. The number of ketones is 1. The third-order valence-corrected chi connectivity index (χ3v) is 5.92. The van der Waals surface area contributed by atoms with Crippen LogP contribution in [-0.4, -0.2) is 10.4 Å². The summed E-state index contributed by atoms with van der Waals surface area (Å²) in [5.74, 6) is 1.84. The van der Waals surface area contributed by atoms with Gasteiger partial charge < -0.3 is 4.57 Å². The second-order valence-corrected chi connectivity index (χ2v) is 8.29. The first kappa shape index (κ1) is 14.9. The van der Waals surface area contributed by atoms with Crippen LogP contribution in [0.15, 0.2) is 6.07 Å². The first-order valence-corrected chi connectivity index (χ1v) is 8.54. The summed E-state index contributed by atoms with van der Waals surface area (Å²) in [5, 5.41) is 0. The summed E-state index contributed by atoms with van der Waals surface area (Å²) in [6, 6.07) is 2.73. The third-order valence-electron chi connectivity index (χ3n) is 5.92. The number of aromatic nitrogens is 1. The second-order valence-electron chi connectivity index (χ2n) is 8.29. The lowest BCUT2D eigenvalue weighted by Gasteiger charge is -2.39. The van der Waals surface area contributed by atoms with E-state index >= 15 is 0 Å². The molecule has 21 heavy (non-hydrogen) atoms. The average molecular weight is 287 g/mol. The molecule has 0 amide bonds. The highest BCUT2D eigenvalue weighted by Gasteiger charge is 2.37. The lowest BCUT2D eigenvalue weighted by molar-refractivity contribution is 0.0906. The van der Waals surface area contributed by atoms with Gasteiger partial charge in [0.15, 0.2) is 5.78 Å². The van der Waals surface area contributed by atoms with Gasteiger partial charge in [-0.15, -0.1) is 0 Å². The topological polar surface area (TPSA) is 22.0 Å². The minimum Gasteiger partial charge on any atom is -0.345 e. The standard InChI is InChI=1S/C19H29NO/c1-12-7-6-8-16(14(12)3)20-13(2)9-15-17(20)10-19(4,5)11-18(15)21/h9,12,14,16H,6-8,10-11H2,1-5H3. The van der Waals surface area contributed by atoms with Gasteiger partial charge in [-0.2, -0.15) is 0 Å². The van der Waals surface area contributed by atoms with E-state index in [1.165, 1.54) is 30.7 Å². The zero-order valence-corrected chi connectivity index (χ0v) is 14.2. The summed E-state index contributed by atoms with van der Waals surface area (Å²) in [6.07, 6.45) is 5.67. The number of hydrogen-bond donors (Lipinski definition) is 0. The van der Waals surface area contributed by atoms with Gasteiger partial charge in [-0.25, -0.2) is 0 Å². The Balaban J connectivity index is 2.06. The maximum atomic E-state index is 12.5. The van der Waals surface area contributed by atoms with Crippen molar-refractivity contribution in [2.24, 2.45) is 17.3 Å². The normalized spacial score (nSPS) is 32.0. The maximum absolute atomic E-state index is 12.5. The summed E-state index contributed by atoms with van der Waals surface area (Å²) < 4.78 is 2.54. The Labute approximate surface area is 128 Å². The molecule has 3 atom stereocenters. The molecule has 2 aliphatic rings. The molecule has 0 saturated heterocycles. The van der Waals surface area contributed by atoms with Gasteiger partial charge in [-0.1, -0.05) is 40.5 Å². The van der Waals surface area contributed by atoms with Crippen LogP contribution in [0.1, 0.15) is 81.2 Å². The first-order chi connectivity index (χ1) is 9.80. The predicted octanol–water partition coefficient (Wildman–Crippen LogP) is 4.95. The fraction of sp³-hybridized carbons (Fsp3) is 0.737. The van der Waals surface area contributed by atoms with Crippen molar-refractivity contribution in [3.8, 4) is 0 Å². The number of hydrogen-bond acceptors (Lipinski definition) is 1. The van der Waals surface area contributed by atoms with Crippen LogP contribution in [0.25, 0.3) is 0 Å². The van der Waals surface area contributed by atoms with Crippen molar-refractivity contribution in [2.45, 2.75) is 72.8 Å². The van der Waals surface area contributed by atoms with E-state index in [1.54, 1.807) is 0 Å². The van der Waals surface area contributed by atoms with Gasteiger partial charge in [0, 0.05) is 29.4 Å². The molecular formula is C19H29NO. The van der Waals surface area contributed by atoms with E-state index in [4.69, 9.17) is 0 Å². The van der Waals surface area contributed by atoms with Crippen molar-refractivity contribution in [2.75, 3.05) is 0 Å². The smallest absolute Gasteiger partial charge is 0.165 e. The largest absolute Gasteiger partial charge is 0.345 e. The average Bonchev–Trinajstić information content (AvgIpc) is 2.69. The number of carbonyl (C=O) groups is 1. The summed E-state index contributed by atoms with van der Waals surface area (Å²) in [5.41, 5.74) is 3.73. The highest BCUT2D eigenvalue weighted by molar-refractivity contribution is 5.99. The van der Waals surface area contributed by atoms with Crippen LogP contribution in [0.4, 0.5) is 0 Å². The molecule has 0 bridgehead atoms. The Morgan fingerprint density at radius 3 is 2.62 bits per heavy atom. The zero-order valence-electron chi connectivity index (χ0n) is 14.2. The van der Waals surface area contributed by atoms with Crippen LogP contribution in [0, 0.1) is 24.2 Å². The van der Waals surface area contributed by atoms with Crippen LogP contribution in [0.5, 0.6) is 0 Å². The van der Waals surface area contributed by atoms with E-state index in [9.17, 15) is 4.79 Å². The van der Waals surface area contributed by atoms with Crippen LogP contribution in [-0.2, 0) is 6.42 Å². The van der Waals surface area contributed by atoms with Crippen LogP contribution in [0.2, 0.25) is 0 Å². The molecule has 0 N–H and O–H groups in total. The molecule has 0 aliphatic heterocycles. The lowest BCUT2D eigenvalue weighted by Crippen LogP contribution is -2.32. The van der Waals surface area contributed by atoms with E-state index < -0.39 is 0 Å². The molecule has 0 aromatic carbocycles. The highest BCUT2D eigenvalue weighted by atomic mass is 16.1. The van der Waals surface area contributed by atoms with Gasteiger partial charge in [-0.3, -0.25) is 4.79 Å². The lowest BCUT2D eigenvalue weighted by atomic mass is 9.75. The molecule has 3 rings (SSSR count). The fourth-order valence-corrected chi connectivity index (χ4v) is 4.55. The van der Waals surface area contributed by atoms with E-state index in [1.807, 2.05) is 0 Å². The Morgan fingerprint density at radius 2 is 1.90 bits per heavy atom.